The number of nitrogens with zero attached hydrogens (tertiary/aromatic N) is 1. The Bertz CT molecular complexity index is 91.0. The highest BCUT2D eigenvalue weighted by atomic mass is 16.9. The van der Waals surface area contributed by atoms with Gasteiger partial charge in [0.1, 0.15) is 0 Å². The largest absolute Gasteiger partial charge is 0.394 e. The summed E-state index contributed by atoms with van der Waals surface area (Å²) in [6.45, 7) is 3.59. The molecule has 0 aliphatic rings. The third kappa shape index (κ3) is 2.22. The first kappa shape index (κ1) is 9.84. The third-order valence-corrected chi connectivity index (χ3v) is 1.21. The van der Waals surface area contributed by atoms with Crippen molar-refractivity contribution in [2.24, 2.45) is 0 Å². The standard InChI is InChI=1S/C6H15NO3/c1-6(2,5-8)7(9-3)10-4/h8H,5H2,1-4H3. The van der Waals surface area contributed by atoms with Crippen molar-refractivity contribution in [3.8, 4) is 0 Å². The highest BCUT2D eigenvalue weighted by Gasteiger charge is 2.26. The van der Waals surface area contributed by atoms with Gasteiger partial charge in [0.25, 0.3) is 0 Å². The van der Waals surface area contributed by atoms with Gasteiger partial charge >= 0.3 is 0 Å². The summed E-state index contributed by atoms with van der Waals surface area (Å²) in [6.07, 6.45) is 0. The Balaban J connectivity index is 3.97. The van der Waals surface area contributed by atoms with Gasteiger partial charge in [0, 0.05) is 0 Å². The Labute approximate surface area is 61.3 Å². The maximum Gasteiger partial charge on any atom is 0.0910 e. The molecule has 0 bridgehead atoms. The normalized spacial score (nSPS) is 12.6. The summed E-state index contributed by atoms with van der Waals surface area (Å²) >= 11 is 0. The molecule has 0 rings (SSSR count). The maximum absolute atomic E-state index is 8.82. The van der Waals surface area contributed by atoms with E-state index in [4.69, 9.17) is 14.8 Å². The van der Waals surface area contributed by atoms with Crippen molar-refractivity contribution in [2.75, 3.05) is 20.8 Å². The molecule has 0 unspecified atom stereocenters. The van der Waals surface area contributed by atoms with Crippen LogP contribution in [0.1, 0.15) is 13.8 Å². The zero-order valence-corrected chi connectivity index (χ0v) is 6.92. The first-order valence-electron chi connectivity index (χ1n) is 3.08. The van der Waals surface area contributed by atoms with E-state index in [2.05, 4.69) is 0 Å². The molecule has 0 radical (unpaired) electrons. The molecule has 0 aromatic carbocycles. The van der Waals surface area contributed by atoms with Crippen LogP contribution in [-0.4, -0.2) is 36.7 Å². The minimum absolute atomic E-state index is 0.0192. The zero-order chi connectivity index (χ0) is 8.20. The number of hydroxylamine groups is 2. The molecule has 0 aromatic heterocycles. The molecular formula is C6H15NO3. The van der Waals surface area contributed by atoms with Gasteiger partial charge < -0.3 is 5.11 Å². The van der Waals surface area contributed by atoms with Crippen molar-refractivity contribution in [3.05, 3.63) is 0 Å². The van der Waals surface area contributed by atoms with E-state index < -0.39 is 5.54 Å². The molecule has 0 heterocycles. The van der Waals surface area contributed by atoms with E-state index in [1.54, 1.807) is 13.8 Å². The lowest BCUT2D eigenvalue weighted by Gasteiger charge is -2.31. The van der Waals surface area contributed by atoms with Crippen LogP contribution in [0, 0.1) is 0 Å². The highest BCUT2D eigenvalue weighted by molar-refractivity contribution is 4.70. The minimum Gasteiger partial charge on any atom is -0.394 e. The molecule has 0 aromatic rings. The fourth-order valence-corrected chi connectivity index (χ4v) is 0.627. The second kappa shape index (κ2) is 3.88. The fraction of sp³-hybridized carbons (Fsp3) is 1.00. The fourth-order valence-electron chi connectivity index (χ4n) is 0.627. The lowest BCUT2D eigenvalue weighted by atomic mass is 10.1. The van der Waals surface area contributed by atoms with Crippen LogP contribution in [0.4, 0.5) is 0 Å². The molecule has 0 atom stereocenters. The topological polar surface area (TPSA) is 41.9 Å². The van der Waals surface area contributed by atoms with Crippen molar-refractivity contribution in [1.82, 2.24) is 5.23 Å². The molecule has 0 spiro atoms. The Morgan fingerprint density at radius 2 is 1.70 bits per heavy atom. The molecule has 62 valence electrons. The molecule has 0 amide bonds. The van der Waals surface area contributed by atoms with Crippen LogP contribution in [0.25, 0.3) is 0 Å². The molecule has 0 fully saturated rings. The van der Waals surface area contributed by atoms with E-state index in [1.165, 1.54) is 19.4 Å². The summed E-state index contributed by atoms with van der Waals surface area (Å²) < 4.78 is 0. The second-order valence-electron chi connectivity index (χ2n) is 2.59. The van der Waals surface area contributed by atoms with Crippen molar-refractivity contribution in [2.45, 2.75) is 19.4 Å². The van der Waals surface area contributed by atoms with E-state index >= 15 is 0 Å². The summed E-state index contributed by atoms with van der Waals surface area (Å²) in [5, 5.41) is 10.1. The number of hydrogen-bond donors (Lipinski definition) is 1. The number of aliphatic hydroxyl groups is 1. The average molecular weight is 149 g/mol. The van der Waals surface area contributed by atoms with E-state index in [0.29, 0.717) is 0 Å². The van der Waals surface area contributed by atoms with Crippen molar-refractivity contribution >= 4 is 0 Å². The first-order valence-corrected chi connectivity index (χ1v) is 3.08. The van der Waals surface area contributed by atoms with Crippen LogP contribution in [0.5, 0.6) is 0 Å². The summed E-state index contributed by atoms with van der Waals surface area (Å²) in [7, 11) is 2.97. The summed E-state index contributed by atoms with van der Waals surface area (Å²) in [5.41, 5.74) is -0.497. The van der Waals surface area contributed by atoms with Gasteiger partial charge in [-0.3, -0.25) is 9.68 Å². The lowest BCUT2D eigenvalue weighted by Crippen LogP contribution is -2.45. The molecule has 0 aliphatic carbocycles. The molecule has 0 aliphatic heterocycles. The molecular weight excluding hydrogens is 134 g/mol. The van der Waals surface area contributed by atoms with Gasteiger partial charge in [0.15, 0.2) is 0 Å². The Morgan fingerprint density at radius 3 is 1.80 bits per heavy atom. The van der Waals surface area contributed by atoms with Gasteiger partial charge in [-0.2, -0.15) is 0 Å². The molecule has 1 N–H and O–H groups in total. The van der Waals surface area contributed by atoms with Crippen molar-refractivity contribution in [1.29, 1.82) is 0 Å². The first-order chi connectivity index (χ1) is 4.58. The van der Waals surface area contributed by atoms with Gasteiger partial charge in [0.2, 0.25) is 0 Å². The molecule has 10 heavy (non-hydrogen) atoms. The zero-order valence-electron chi connectivity index (χ0n) is 6.92. The van der Waals surface area contributed by atoms with Gasteiger partial charge in [-0.1, -0.05) is 5.23 Å². The molecule has 0 saturated heterocycles. The second-order valence-corrected chi connectivity index (χ2v) is 2.59. The molecule has 4 heteroatoms. The van der Waals surface area contributed by atoms with Gasteiger partial charge in [-0.25, -0.2) is 0 Å². The Kier molecular flexibility index (Phi) is 3.81. The molecule has 0 saturated carbocycles. The van der Waals surface area contributed by atoms with Gasteiger partial charge in [-0.15, -0.1) is 0 Å². The van der Waals surface area contributed by atoms with E-state index in [-0.39, 0.29) is 6.61 Å². The smallest absolute Gasteiger partial charge is 0.0910 e. The van der Waals surface area contributed by atoms with Crippen molar-refractivity contribution in [3.63, 3.8) is 0 Å². The minimum atomic E-state index is -0.497. The van der Waals surface area contributed by atoms with Gasteiger partial charge in [-0.05, 0) is 13.8 Å². The van der Waals surface area contributed by atoms with Crippen LogP contribution >= 0.6 is 0 Å². The predicted molar refractivity (Wildman–Crippen MR) is 37.0 cm³/mol. The van der Waals surface area contributed by atoms with E-state index in [0.717, 1.165) is 0 Å². The number of hydrogen-bond acceptors (Lipinski definition) is 4. The average Bonchev–Trinajstić information content (AvgIpc) is 1.90. The van der Waals surface area contributed by atoms with Crippen LogP contribution < -0.4 is 0 Å². The van der Waals surface area contributed by atoms with Crippen LogP contribution in [-0.2, 0) is 9.68 Å². The third-order valence-electron chi connectivity index (χ3n) is 1.21. The maximum atomic E-state index is 8.82. The summed E-state index contributed by atoms with van der Waals surface area (Å²) in [5.74, 6) is 0. The van der Waals surface area contributed by atoms with E-state index in [9.17, 15) is 0 Å². The quantitative estimate of drug-likeness (QED) is 0.579. The SMILES string of the molecule is CON(OC)C(C)(C)CO. The van der Waals surface area contributed by atoms with Crippen LogP contribution in [0.3, 0.4) is 0 Å². The van der Waals surface area contributed by atoms with Crippen LogP contribution in [0.15, 0.2) is 0 Å². The monoisotopic (exact) mass is 149 g/mol. The highest BCUT2D eigenvalue weighted by Crippen LogP contribution is 2.12. The lowest BCUT2D eigenvalue weighted by molar-refractivity contribution is -0.389. The Hall–Kier alpha value is -0.160. The van der Waals surface area contributed by atoms with Crippen LogP contribution in [0.2, 0.25) is 0 Å². The number of rotatable bonds is 4. The molecule has 4 nitrogen and oxygen atoms in total. The summed E-state index contributed by atoms with van der Waals surface area (Å²) in [6, 6.07) is 0. The Morgan fingerprint density at radius 1 is 1.30 bits per heavy atom. The van der Waals surface area contributed by atoms with Gasteiger partial charge in [0.05, 0.1) is 26.4 Å². The van der Waals surface area contributed by atoms with E-state index in [1.807, 2.05) is 0 Å². The summed E-state index contributed by atoms with van der Waals surface area (Å²) in [4.78, 5) is 9.61. The van der Waals surface area contributed by atoms with Crippen molar-refractivity contribution < 1.29 is 14.8 Å². The number of aliphatic hydroxyl groups excluding tert-OH is 1. The predicted octanol–water partition coefficient (Wildman–Crippen LogP) is 0.182.